The van der Waals surface area contributed by atoms with Crippen molar-refractivity contribution < 1.29 is 9.53 Å². The molecule has 0 saturated carbocycles. The monoisotopic (exact) mass is 516 g/mol. The first-order valence-corrected chi connectivity index (χ1v) is 13.2. The van der Waals surface area contributed by atoms with E-state index in [0.29, 0.717) is 19.7 Å². The molecule has 1 aromatic heterocycles. The van der Waals surface area contributed by atoms with E-state index in [0.717, 1.165) is 52.7 Å². The number of aryl methyl sites for hydroxylation is 1. The van der Waals surface area contributed by atoms with Gasteiger partial charge in [0.2, 0.25) is 0 Å². The number of ether oxygens (including phenoxy) is 1. The van der Waals surface area contributed by atoms with E-state index in [1.807, 2.05) is 92.7 Å². The van der Waals surface area contributed by atoms with Crippen molar-refractivity contribution in [3.63, 3.8) is 0 Å². The Morgan fingerprint density at radius 3 is 2.15 bits per heavy atom. The van der Waals surface area contributed by atoms with Crippen LogP contribution in [0, 0.1) is 25.2 Å². The first-order chi connectivity index (χ1) is 19.0. The lowest BCUT2D eigenvalue weighted by molar-refractivity contribution is -0.126. The van der Waals surface area contributed by atoms with Gasteiger partial charge < -0.3 is 19.1 Å². The van der Waals surface area contributed by atoms with E-state index in [2.05, 4.69) is 27.7 Å². The van der Waals surface area contributed by atoms with Gasteiger partial charge in [-0.05, 0) is 73.5 Å². The molecule has 0 aliphatic carbocycles. The summed E-state index contributed by atoms with van der Waals surface area (Å²) in [5.74, 6) is 0.588. The summed E-state index contributed by atoms with van der Waals surface area (Å²) in [6.07, 6.45) is 1.72. The highest BCUT2D eigenvalue weighted by Crippen LogP contribution is 2.25. The van der Waals surface area contributed by atoms with Crippen LogP contribution in [-0.2, 0) is 11.4 Å². The van der Waals surface area contributed by atoms with E-state index in [1.54, 1.807) is 11.0 Å². The SMILES string of the molecule is Cc1cc(/C=C(/C#N)C(=O)N2CCN(c3ccccc3)CC2)c(C)n1-c1ccc(OCc2ccccc2)cc1. The zero-order chi connectivity index (χ0) is 27.2. The first-order valence-electron chi connectivity index (χ1n) is 13.2. The van der Waals surface area contributed by atoms with Crippen LogP contribution in [0.4, 0.5) is 5.69 Å². The van der Waals surface area contributed by atoms with E-state index < -0.39 is 0 Å². The molecule has 0 unspecified atom stereocenters. The molecule has 5 rings (SSSR count). The lowest BCUT2D eigenvalue weighted by atomic mass is 10.1. The number of aromatic nitrogens is 1. The molecule has 1 amide bonds. The summed E-state index contributed by atoms with van der Waals surface area (Å²) in [5.41, 5.74) is 6.30. The highest BCUT2D eigenvalue weighted by atomic mass is 16.5. The van der Waals surface area contributed by atoms with Crippen molar-refractivity contribution in [2.75, 3.05) is 31.1 Å². The maximum Gasteiger partial charge on any atom is 0.264 e. The molecular weight excluding hydrogens is 484 g/mol. The van der Waals surface area contributed by atoms with Gasteiger partial charge in [-0.2, -0.15) is 5.26 Å². The average Bonchev–Trinajstić information content (AvgIpc) is 3.27. The molecule has 3 aromatic carbocycles. The van der Waals surface area contributed by atoms with E-state index >= 15 is 0 Å². The Morgan fingerprint density at radius 2 is 1.51 bits per heavy atom. The summed E-state index contributed by atoms with van der Waals surface area (Å²) in [6, 6.07) is 32.4. The van der Waals surface area contributed by atoms with E-state index in [9.17, 15) is 10.1 Å². The molecule has 1 fully saturated rings. The molecule has 0 spiro atoms. The summed E-state index contributed by atoms with van der Waals surface area (Å²) in [5, 5.41) is 9.87. The molecule has 1 saturated heterocycles. The fraction of sp³-hybridized carbons (Fsp3) is 0.212. The number of rotatable bonds is 7. The van der Waals surface area contributed by atoms with Gasteiger partial charge in [0.05, 0.1) is 0 Å². The number of carbonyl (C=O) groups is 1. The van der Waals surface area contributed by atoms with E-state index in [-0.39, 0.29) is 11.5 Å². The quantitative estimate of drug-likeness (QED) is 0.226. The number of nitriles is 1. The molecule has 0 bridgehead atoms. The van der Waals surface area contributed by atoms with Crippen LogP contribution in [0.2, 0.25) is 0 Å². The largest absolute Gasteiger partial charge is 0.489 e. The topological polar surface area (TPSA) is 61.5 Å². The summed E-state index contributed by atoms with van der Waals surface area (Å²) >= 11 is 0. The second-order valence-corrected chi connectivity index (χ2v) is 9.71. The van der Waals surface area contributed by atoms with E-state index in [1.165, 1.54) is 0 Å². The van der Waals surface area contributed by atoms with Crippen LogP contribution in [0.3, 0.4) is 0 Å². The third kappa shape index (κ3) is 5.89. The Bertz CT molecular complexity index is 1490. The number of amides is 1. The molecule has 39 heavy (non-hydrogen) atoms. The molecule has 0 atom stereocenters. The number of hydrogen-bond donors (Lipinski definition) is 0. The molecule has 0 radical (unpaired) electrons. The number of piperazine rings is 1. The number of benzene rings is 3. The molecule has 4 aromatic rings. The standard InChI is InChI=1S/C33H32N4O2/c1-25-21-28(22-29(23-34)33(38)36-19-17-35(18-20-36)30-11-7-4-8-12-30)26(2)37(25)31-13-15-32(16-14-31)39-24-27-9-5-3-6-10-27/h3-16,21-22H,17-20,24H2,1-2H3/b29-22-. The third-order valence-corrected chi connectivity index (χ3v) is 7.15. The molecule has 1 aliphatic heterocycles. The minimum atomic E-state index is -0.213. The van der Waals surface area contributed by atoms with Crippen molar-refractivity contribution in [1.29, 1.82) is 5.26 Å². The van der Waals surface area contributed by atoms with Crippen LogP contribution in [0.25, 0.3) is 11.8 Å². The van der Waals surface area contributed by atoms with Crippen LogP contribution in [0.5, 0.6) is 5.75 Å². The van der Waals surface area contributed by atoms with Crippen LogP contribution in [-0.4, -0.2) is 41.6 Å². The molecular formula is C33H32N4O2. The zero-order valence-electron chi connectivity index (χ0n) is 22.4. The molecule has 6 nitrogen and oxygen atoms in total. The maximum absolute atomic E-state index is 13.2. The molecule has 2 heterocycles. The minimum Gasteiger partial charge on any atom is -0.489 e. The van der Waals surface area contributed by atoms with Gasteiger partial charge in [-0.25, -0.2) is 0 Å². The van der Waals surface area contributed by atoms with Crippen molar-refractivity contribution in [3.05, 3.63) is 119 Å². The Morgan fingerprint density at radius 1 is 0.872 bits per heavy atom. The highest BCUT2D eigenvalue weighted by Gasteiger charge is 2.24. The summed E-state index contributed by atoms with van der Waals surface area (Å²) in [6.45, 7) is 7.22. The van der Waals surface area contributed by atoms with Crippen LogP contribution < -0.4 is 9.64 Å². The lowest BCUT2D eigenvalue weighted by Gasteiger charge is -2.36. The van der Waals surface area contributed by atoms with Crippen molar-refractivity contribution in [2.45, 2.75) is 20.5 Å². The van der Waals surface area contributed by atoms with Crippen LogP contribution >= 0.6 is 0 Å². The predicted molar refractivity (Wildman–Crippen MR) is 155 cm³/mol. The fourth-order valence-corrected chi connectivity index (χ4v) is 5.04. The minimum absolute atomic E-state index is 0.160. The lowest BCUT2D eigenvalue weighted by Crippen LogP contribution is -2.49. The Balaban J connectivity index is 1.27. The first kappa shape index (κ1) is 25.9. The second-order valence-electron chi connectivity index (χ2n) is 9.71. The second kappa shape index (κ2) is 11.7. The Labute approximate surface area is 230 Å². The van der Waals surface area contributed by atoms with Crippen molar-refractivity contribution in [3.8, 4) is 17.5 Å². The van der Waals surface area contributed by atoms with Gasteiger partial charge >= 0.3 is 0 Å². The van der Waals surface area contributed by atoms with Crippen molar-refractivity contribution >= 4 is 17.7 Å². The predicted octanol–water partition coefficient (Wildman–Crippen LogP) is 5.93. The Kier molecular flexibility index (Phi) is 7.79. The Hall–Kier alpha value is -4.76. The van der Waals surface area contributed by atoms with Gasteiger partial charge in [0, 0.05) is 48.9 Å². The molecule has 0 N–H and O–H groups in total. The fourth-order valence-electron chi connectivity index (χ4n) is 5.04. The van der Waals surface area contributed by atoms with Crippen LogP contribution in [0.1, 0.15) is 22.5 Å². The van der Waals surface area contributed by atoms with Crippen molar-refractivity contribution in [1.82, 2.24) is 9.47 Å². The number of nitrogens with zero attached hydrogens (tertiary/aromatic N) is 4. The molecule has 6 heteroatoms. The van der Waals surface area contributed by atoms with Gasteiger partial charge in [-0.1, -0.05) is 48.5 Å². The van der Waals surface area contributed by atoms with Gasteiger partial charge in [0.1, 0.15) is 24.0 Å². The maximum atomic E-state index is 13.2. The van der Waals surface area contributed by atoms with Gasteiger partial charge in [-0.3, -0.25) is 4.79 Å². The van der Waals surface area contributed by atoms with Gasteiger partial charge in [0.25, 0.3) is 5.91 Å². The number of hydrogen-bond acceptors (Lipinski definition) is 4. The van der Waals surface area contributed by atoms with Gasteiger partial charge in [-0.15, -0.1) is 0 Å². The average molecular weight is 517 g/mol. The molecule has 196 valence electrons. The number of carbonyl (C=O) groups excluding carboxylic acids is 1. The summed E-state index contributed by atoms with van der Waals surface area (Å²) in [7, 11) is 0. The van der Waals surface area contributed by atoms with E-state index in [4.69, 9.17) is 4.74 Å². The molecule has 1 aliphatic rings. The smallest absolute Gasteiger partial charge is 0.264 e. The van der Waals surface area contributed by atoms with Crippen LogP contribution in [0.15, 0.2) is 96.6 Å². The third-order valence-electron chi connectivity index (χ3n) is 7.15. The highest BCUT2D eigenvalue weighted by molar-refractivity contribution is 6.02. The summed E-state index contributed by atoms with van der Waals surface area (Å²) < 4.78 is 8.06. The van der Waals surface area contributed by atoms with Crippen molar-refractivity contribution in [2.24, 2.45) is 0 Å². The number of para-hydroxylation sites is 1. The van der Waals surface area contributed by atoms with Gasteiger partial charge in [0.15, 0.2) is 0 Å². The summed E-state index contributed by atoms with van der Waals surface area (Å²) in [4.78, 5) is 17.3. The number of anilines is 1. The zero-order valence-corrected chi connectivity index (χ0v) is 22.4. The normalized spacial score (nSPS) is 13.7.